The number of benzene rings is 2. The summed E-state index contributed by atoms with van der Waals surface area (Å²) in [6.45, 7) is 0. The number of aliphatic carboxylic acids is 1. The lowest BCUT2D eigenvalue weighted by Gasteiger charge is -2.07. The topological polar surface area (TPSA) is 69.2 Å². The van der Waals surface area contributed by atoms with Crippen LogP contribution in [-0.2, 0) is 22.4 Å². The Morgan fingerprint density at radius 1 is 0.905 bits per heavy atom. The maximum absolute atomic E-state index is 11.9. The Balaban J connectivity index is 1.93. The SMILES string of the molecule is O=C([O-])Cc1ccc(NC(=O)Cc2ccc(Cl)cc2)cc1. The van der Waals surface area contributed by atoms with Gasteiger partial charge in [-0.2, -0.15) is 0 Å². The number of carboxylic acid groups (broad SMARTS) is 1. The zero-order valence-corrected chi connectivity index (χ0v) is 11.9. The average molecular weight is 303 g/mol. The summed E-state index contributed by atoms with van der Waals surface area (Å²) in [5, 5.41) is 13.8. The zero-order chi connectivity index (χ0) is 15.2. The first-order valence-corrected chi connectivity index (χ1v) is 6.74. The van der Waals surface area contributed by atoms with Crippen molar-refractivity contribution < 1.29 is 14.7 Å². The van der Waals surface area contributed by atoms with E-state index in [1.807, 2.05) is 0 Å². The number of nitrogens with one attached hydrogen (secondary N) is 1. The van der Waals surface area contributed by atoms with Crippen LogP contribution in [0.1, 0.15) is 11.1 Å². The summed E-state index contributed by atoms with van der Waals surface area (Å²) in [7, 11) is 0. The van der Waals surface area contributed by atoms with Gasteiger partial charge >= 0.3 is 0 Å². The van der Waals surface area contributed by atoms with Crippen molar-refractivity contribution in [1.29, 1.82) is 0 Å². The number of anilines is 1. The Kier molecular flexibility index (Phi) is 4.95. The van der Waals surface area contributed by atoms with Gasteiger partial charge in [-0.3, -0.25) is 4.79 Å². The van der Waals surface area contributed by atoms with Gasteiger partial charge in [-0.05, 0) is 35.4 Å². The van der Waals surface area contributed by atoms with E-state index in [0.717, 1.165) is 5.56 Å². The van der Waals surface area contributed by atoms with Crippen LogP contribution in [0, 0.1) is 0 Å². The van der Waals surface area contributed by atoms with Gasteiger partial charge in [-0.1, -0.05) is 35.9 Å². The van der Waals surface area contributed by atoms with Crippen molar-refractivity contribution in [2.75, 3.05) is 5.32 Å². The third kappa shape index (κ3) is 4.93. The van der Waals surface area contributed by atoms with Gasteiger partial charge in [0.15, 0.2) is 0 Å². The van der Waals surface area contributed by atoms with Gasteiger partial charge in [0.1, 0.15) is 0 Å². The summed E-state index contributed by atoms with van der Waals surface area (Å²) in [5.74, 6) is -1.28. The minimum atomic E-state index is -1.13. The molecule has 1 N–H and O–H groups in total. The van der Waals surface area contributed by atoms with Gasteiger partial charge in [0.25, 0.3) is 0 Å². The van der Waals surface area contributed by atoms with Gasteiger partial charge in [-0.25, -0.2) is 0 Å². The van der Waals surface area contributed by atoms with Gasteiger partial charge < -0.3 is 15.2 Å². The lowest BCUT2D eigenvalue weighted by Crippen LogP contribution is -2.24. The fraction of sp³-hybridized carbons (Fsp3) is 0.125. The van der Waals surface area contributed by atoms with Crippen molar-refractivity contribution in [2.45, 2.75) is 12.8 Å². The van der Waals surface area contributed by atoms with E-state index in [4.69, 9.17) is 11.6 Å². The molecule has 1 amide bonds. The zero-order valence-electron chi connectivity index (χ0n) is 11.1. The van der Waals surface area contributed by atoms with E-state index in [9.17, 15) is 14.7 Å². The third-order valence-corrected chi connectivity index (χ3v) is 3.12. The van der Waals surface area contributed by atoms with E-state index < -0.39 is 5.97 Å². The van der Waals surface area contributed by atoms with E-state index >= 15 is 0 Å². The number of hydrogen-bond donors (Lipinski definition) is 1. The minimum Gasteiger partial charge on any atom is -0.550 e. The molecular weight excluding hydrogens is 290 g/mol. The first-order valence-electron chi connectivity index (χ1n) is 6.36. The maximum Gasteiger partial charge on any atom is 0.228 e. The molecule has 0 unspecified atom stereocenters. The highest BCUT2D eigenvalue weighted by molar-refractivity contribution is 6.30. The molecule has 21 heavy (non-hydrogen) atoms. The van der Waals surface area contributed by atoms with Crippen molar-refractivity contribution >= 4 is 29.2 Å². The Labute approximate surface area is 127 Å². The smallest absolute Gasteiger partial charge is 0.228 e. The van der Waals surface area contributed by atoms with Crippen LogP contribution < -0.4 is 10.4 Å². The molecule has 5 heteroatoms. The average Bonchev–Trinajstić information content (AvgIpc) is 2.43. The van der Waals surface area contributed by atoms with Gasteiger partial charge in [0.05, 0.1) is 6.42 Å². The molecule has 0 aliphatic rings. The van der Waals surface area contributed by atoms with Crippen LogP contribution in [0.5, 0.6) is 0 Å². The van der Waals surface area contributed by atoms with Crippen molar-refractivity contribution in [3.05, 3.63) is 64.7 Å². The van der Waals surface area contributed by atoms with Crippen molar-refractivity contribution in [2.24, 2.45) is 0 Å². The fourth-order valence-corrected chi connectivity index (χ4v) is 1.99. The Morgan fingerprint density at radius 2 is 1.43 bits per heavy atom. The number of rotatable bonds is 5. The molecule has 0 aromatic heterocycles. The van der Waals surface area contributed by atoms with Crippen LogP contribution >= 0.6 is 11.6 Å². The molecule has 0 radical (unpaired) electrons. The van der Waals surface area contributed by atoms with Crippen LogP contribution in [0.2, 0.25) is 5.02 Å². The Morgan fingerprint density at radius 3 is 2.00 bits per heavy atom. The predicted molar refractivity (Wildman–Crippen MR) is 78.9 cm³/mol. The summed E-state index contributed by atoms with van der Waals surface area (Å²) >= 11 is 5.78. The first kappa shape index (κ1) is 15.1. The number of carboxylic acids is 1. The van der Waals surface area contributed by atoms with Gasteiger partial charge in [0, 0.05) is 23.1 Å². The number of amides is 1. The minimum absolute atomic E-state index is 0.140. The molecule has 2 aromatic carbocycles. The molecule has 0 fully saturated rings. The van der Waals surface area contributed by atoms with Crippen LogP contribution in [-0.4, -0.2) is 11.9 Å². The van der Waals surface area contributed by atoms with Crippen LogP contribution in [0.25, 0.3) is 0 Å². The number of carbonyl (C=O) groups is 2. The lowest BCUT2D eigenvalue weighted by atomic mass is 10.1. The molecule has 4 nitrogen and oxygen atoms in total. The number of halogens is 1. The normalized spacial score (nSPS) is 10.1. The highest BCUT2D eigenvalue weighted by atomic mass is 35.5. The highest BCUT2D eigenvalue weighted by Gasteiger charge is 2.04. The second-order valence-corrected chi connectivity index (χ2v) is 5.03. The quantitative estimate of drug-likeness (QED) is 0.916. The molecule has 2 aromatic rings. The van der Waals surface area contributed by atoms with E-state index in [-0.39, 0.29) is 18.7 Å². The molecule has 2 rings (SSSR count). The molecule has 0 atom stereocenters. The summed E-state index contributed by atoms with van der Waals surface area (Å²) in [5.41, 5.74) is 2.12. The van der Waals surface area contributed by atoms with Crippen molar-refractivity contribution in [1.82, 2.24) is 0 Å². The van der Waals surface area contributed by atoms with Crippen molar-refractivity contribution in [3.8, 4) is 0 Å². The molecule has 0 aliphatic heterocycles. The molecule has 0 saturated carbocycles. The van der Waals surface area contributed by atoms with Crippen LogP contribution in [0.4, 0.5) is 5.69 Å². The summed E-state index contributed by atoms with van der Waals surface area (Å²) in [6, 6.07) is 13.7. The molecule has 0 spiro atoms. The van der Waals surface area contributed by atoms with E-state index in [1.165, 1.54) is 0 Å². The van der Waals surface area contributed by atoms with E-state index in [2.05, 4.69) is 5.32 Å². The molecule has 0 heterocycles. The Hall–Kier alpha value is -2.33. The van der Waals surface area contributed by atoms with Crippen LogP contribution in [0.3, 0.4) is 0 Å². The molecule has 0 bridgehead atoms. The second-order valence-electron chi connectivity index (χ2n) is 4.60. The number of hydrogen-bond acceptors (Lipinski definition) is 3. The fourth-order valence-electron chi connectivity index (χ4n) is 1.87. The summed E-state index contributed by atoms with van der Waals surface area (Å²) in [6.07, 6.45) is 0.108. The monoisotopic (exact) mass is 302 g/mol. The molecule has 0 aliphatic carbocycles. The third-order valence-electron chi connectivity index (χ3n) is 2.86. The summed E-state index contributed by atoms with van der Waals surface area (Å²) in [4.78, 5) is 22.3. The van der Waals surface area contributed by atoms with Crippen molar-refractivity contribution in [3.63, 3.8) is 0 Å². The van der Waals surface area contributed by atoms with Gasteiger partial charge in [0.2, 0.25) is 5.91 Å². The lowest BCUT2D eigenvalue weighted by molar-refractivity contribution is -0.304. The predicted octanol–water partition coefficient (Wildman–Crippen LogP) is 1.81. The molecule has 0 saturated heterocycles. The second kappa shape index (κ2) is 6.90. The molecular formula is C16H13ClNO3-. The summed E-state index contributed by atoms with van der Waals surface area (Å²) < 4.78 is 0. The largest absolute Gasteiger partial charge is 0.550 e. The van der Waals surface area contributed by atoms with E-state index in [1.54, 1.807) is 48.5 Å². The standard InChI is InChI=1S/C16H14ClNO3/c17-13-5-1-11(2-6-13)9-15(19)18-14-7-3-12(4-8-14)10-16(20)21/h1-8H,9-10H2,(H,18,19)(H,20,21)/p-1. The Bertz CT molecular complexity index is 636. The van der Waals surface area contributed by atoms with Gasteiger partial charge in [-0.15, -0.1) is 0 Å². The highest BCUT2D eigenvalue weighted by Crippen LogP contribution is 2.13. The van der Waals surface area contributed by atoms with E-state index in [0.29, 0.717) is 16.3 Å². The van der Waals surface area contributed by atoms with Crippen LogP contribution in [0.15, 0.2) is 48.5 Å². The number of carbonyl (C=O) groups excluding carboxylic acids is 2. The maximum atomic E-state index is 11.9. The first-order chi connectivity index (χ1) is 10.0. The molecule has 108 valence electrons.